The van der Waals surface area contributed by atoms with Crippen molar-refractivity contribution in [3.05, 3.63) is 0 Å². The Kier molecular flexibility index (Phi) is 13.8. The molecule has 0 radical (unpaired) electrons. The molecule has 1 aliphatic heterocycles. The van der Waals surface area contributed by atoms with Gasteiger partial charge in [-0.3, -0.25) is 19.2 Å². The third kappa shape index (κ3) is 10.0. The smallest absolute Gasteiger partial charge is 0.328 e. The third-order valence-electron chi connectivity index (χ3n) is 6.51. The van der Waals surface area contributed by atoms with Gasteiger partial charge in [0.25, 0.3) is 0 Å². The molecule has 1 rings (SSSR count). The first kappa shape index (κ1) is 34.3. The van der Waals surface area contributed by atoms with Crippen molar-refractivity contribution in [2.45, 2.75) is 91.4 Å². The van der Waals surface area contributed by atoms with E-state index >= 15 is 0 Å². The monoisotopic (exact) mass is 557 g/mol. The van der Waals surface area contributed by atoms with Gasteiger partial charge in [0.05, 0.1) is 32.3 Å². The SMILES string of the molecule is COC(=O)[C@H](NC(=O)[C@@H](CC(C)C)NC(=O)CNC(=O)[C@@H]1[C@@H](C)O[C@H](OC)CN1C(=O)[C@H](N)C(C)C)C(C)C. The lowest BCUT2D eigenvalue weighted by atomic mass is 10.00. The normalized spacial score (nSPS) is 21.8. The zero-order valence-electron chi connectivity index (χ0n) is 24.6. The van der Waals surface area contributed by atoms with Gasteiger partial charge < -0.3 is 40.8 Å². The number of methoxy groups -OCH3 is 2. The molecule has 4 amide bonds. The van der Waals surface area contributed by atoms with E-state index in [1.165, 1.54) is 19.1 Å². The highest BCUT2D eigenvalue weighted by atomic mass is 16.7. The van der Waals surface area contributed by atoms with Gasteiger partial charge in [0.1, 0.15) is 18.1 Å². The van der Waals surface area contributed by atoms with Gasteiger partial charge >= 0.3 is 5.97 Å². The summed E-state index contributed by atoms with van der Waals surface area (Å²) in [6, 6.07) is -3.69. The molecular weight excluding hydrogens is 510 g/mol. The first-order valence-corrected chi connectivity index (χ1v) is 13.3. The number of carbonyl (C=O) groups is 5. The summed E-state index contributed by atoms with van der Waals surface area (Å²) in [5, 5.41) is 7.82. The van der Waals surface area contributed by atoms with Crippen molar-refractivity contribution in [1.82, 2.24) is 20.9 Å². The van der Waals surface area contributed by atoms with Crippen LogP contribution in [0.3, 0.4) is 0 Å². The third-order valence-corrected chi connectivity index (χ3v) is 6.51. The van der Waals surface area contributed by atoms with Gasteiger partial charge in [-0.05, 0) is 31.1 Å². The van der Waals surface area contributed by atoms with Gasteiger partial charge in [0.2, 0.25) is 23.6 Å². The van der Waals surface area contributed by atoms with Crippen LogP contribution in [-0.2, 0) is 38.2 Å². The summed E-state index contributed by atoms with van der Waals surface area (Å²) >= 11 is 0. The second-order valence-corrected chi connectivity index (χ2v) is 10.9. The Morgan fingerprint density at radius 3 is 2.10 bits per heavy atom. The molecular formula is C26H47N5O8. The van der Waals surface area contributed by atoms with Gasteiger partial charge in [-0.15, -0.1) is 0 Å². The summed E-state index contributed by atoms with van der Waals surface area (Å²) in [5.41, 5.74) is 6.08. The Morgan fingerprint density at radius 1 is 1.00 bits per heavy atom. The molecule has 39 heavy (non-hydrogen) atoms. The van der Waals surface area contributed by atoms with Crippen molar-refractivity contribution in [3.8, 4) is 0 Å². The number of ether oxygens (including phenoxy) is 3. The van der Waals surface area contributed by atoms with Gasteiger partial charge in [0, 0.05) is 7.11 Å². The summed E-state index contributed by atoms with van der Waals surface area (Å²) in [5.74, 6) is -3.11. The first-order chi connectivity index (χ1) is 18.1. The molecule has 0 saturated carbocycles. The Labute approximate surface area is 231 Å². The fraction of sp³-hybridized carbons (Fsp3) is 0.808. The van der Waals surface area contributed by atoms with Crippen LogP contribution in [0.2, 0.25) is 0 Å². The molecule has 1 heterocycles. The fourth-order valence-corrected chi connectivity index (χ4v) is 4.17. The number of nitrogens with one attached hydrogen (secondary N) is 3. The van der Waals surface area contributed by atoms with Crippen LogP contribution in [0.5, 0.6) is 0 Å². The molecule has 13 heteroatoms. The minimum absolute atomic E-state index is 0.00176. The zero-order valence-corrected chi connectivity index (χ0v) is 24.6. The van der Waals surface area contributed by atoms with Crippen LogP contribution < -0.4 is 21.7 Å². The molecule has 1 aliphatic rings. The van der Waals surface area contributed by atoms with Crippen molar-refractivity contribution in [1.29, 1.82) is 0 Å². The van der Waals surface area contributed by atoms with E-state index in [2.05, 4.69) is 16.0 Å². The molecule has 0 bridgehead atoms. The van der Waals surface area contributed by atoms with Crippen LogP contribution >= 0.6 is 0 Å². The number of esters is 1. The number of nitrogens with zero attached hydrogens (tertiary/aromatic N) is 1. The second-order valence-electron chi connectivity index (χ2n) is 10.9. The van der Waals surface area contributed by atoms with Crippen molar-refractivity contribution in [2.75, 3.05) is 27.3 Å². The Morgan fingerprint density at radius 2 is 1.62 bits per heavy atom. The zero-order chi connectivity index (χ0) is 30.0. The van der Waals surface area contributed by atoms with Crippen LogP contribution in [0.1, 0.15) is 54.9 Å². The highest BCUT2D eigenvalue weighted by Crippen LogP contribution is 2.21. The molecule has 0 aliphatic carbocycles. The van der Waals surface area contributed by atoms with E-state index in [1.807, 2.05) is 13.8 Å². The quantitative estimate of drug-likeness (QED) is 0.218. The summed E-state index contributed by atoms with van der Waals surface area (Å²) in [4.78, 5) is 65.4. The molecule has 0 aromatic carbocycles. The molecule has 224 valence electrons. The number of rotatable bonds is 13. The number of carbonyl (C=O) groups excluding carboxylic acids is 5. The largest absolute Gasteiger partial charge is 0.467 e. The number of hydrogen-bond donors (Lipinski definition) is 4. The van der Waals surface area contributed by atoms with Gasteiger partial charge in [-0.2, -0.15) is 0 Å². The predicted molar refractivity (Wildman–Crippen MR) is 143 cm³/mol. The molecule has 0 unspecified atom stereocenters. The second kappa shape index (κ2) is 15.7. The maximum Gasteiger partial charge on any atom is 0.328 e. The number of amides is 4. The average molecular weight is 558 g/mol. The van der Waals surface area contributed by atoms with Crippen LogP contribution in [0, 0.1) is 17.8 Å². The van der Waals surface area contributed by atoms with E-state index in [-0.39, 0.29) is 24.3 Å². The summed E-state index contributed by atoms with van der Waals surface area (Å²) < 4.78 is 15.7. The number of nitrogens with two attached hydrogens (primary N) is 1. The van der Waals surface area contributed by atoms with Crippen molar-refractivity contribution < 1.29 is 38.2 Å². The Hall–Kier alpha value is -2.77. The standard InChI is InChI=1S/C26H47N5O8/c1-13(2)10-17(23(33)30-21(15(5)6)26(36)38-9)29-18(32)11-28-24(34)22-16(7)39-19(37-8)12-31(22)25(35)20(27)14(3)4/h13-17,19-22H,10-12,27H2,1-9H3,(H,28,34)(H,29,32)(H,30,33)/t16-,17-,19+,20-,21-,22+/m1/s1. The van der Waals surface area contributed by atoms with Crippen molar-refractivity contribution >= 4 is 29.6 Å². The lowest BCUT2D eigenvalue weighted by molar-refractivity contribution is -0.214. The van der Waals surface area contributed by atoms with Crippen LogP contribution in [0.15, 0.2) is 0 Å². The summed E-state index contributed by atoms with van der Waals surface area (Å²) in [6.07, 6.45) is -1.16. The molecule has 1 fully saturated rings. The Balaban J connectivity index is 2.95. The minimum atomic E-state index is -1.04. The molecule has 13 nitrogen and oxygen atoms in total. The van der Waals surface area contributed by atoms with Gasteiger partial charge in [0.15, 0.2) is 6.29 Å². The van der Waals surface area contributed by atoms with Gasteiger partial charge in [-0.25, -0.2) is 4.79 Å². The first-order valence-electron chi connectivity index (χ1n) is 13.3. The van der Waals surface area contributed by atoms with Crippen LogP contribution in [0.25, 0.3) is 0 Å². The summed E-state index contributed by atoms with van der Waals surface area (Å²) in [6.45, 7) is 12.1. The molecule has 0 aromatic heterocycles. The highest BCUT2D eigenvalue weighted by molar-refractivity contribution is 5.94. The maximum absolute atomic E-state index is 13.2. The van der Waals surface area contributed by atoms with Crippen LogP contribution in [0.4, 0.5) is 0 Å². The minimum Gasteiger partial charge on any atom is -0.467 e. The fourth-order valence-electron chi connectivity index (χ4n) is 4.17. The van der Waals surface area contributed by atoms with E-state index in [1.54, 1.807) is 34.6 Å². The maximum atomic E-state index is 13.2. The van der Waals surface area contributed by atoms with E-state index in [4.69, 9.17) is 19.9 Å². The Bertz CT molecular complexity index is 865. The molecule has 5 N–H and O–H groups in total. The van der Waals surface area contributed by atoms with Crippen molar-refractivity contribution in [3.63, 3.8) is 0 Å². The van der Waals surface area contributed by atoms with E-state index in [0.29, 0.717) is 6.42 Å². The van der Waals surface area contributed by atoms with Crippen LogP contribution in [-0.4, -0.2) is 98.4 Å². The predicted octanol–water partition coefficient (Wildman–Crippen LogP) is -0.481. The molecule has 6 atom stereocenters. The lowest BCUT2D eigenvalue weighted by Crippen LogP contribution is -2.65. The molecule has 1 saturated heterocycles. The number of hydrogen-bond acceptors (Lipinski definition) is 9. The van der Waals surface area contributed by atoms with E-state index in [9.17, 15) is 24.0 Å². The lowest BCUT2D eigenvalue weighted by Gasteiger charge is -2.43. The molecule has 0 aromatic rings. The summed E-state index contributed by atoms with van der Waals surface area (Å²) in [7, 11) is 2.67. The molecule has 0 spiro atoms. The highest BCUT2D eigenvalue weighted by Gasteiger charge is 2.43. The van der Waals surface area contributed by atoms with Crippen molar-refractivity contribution in [2.24, 2.45) is 23.5 Å². The average Bonchev–Trinajstić information content (AvgIpc) is 2.87. The van der Waals surface area contributed by atoms with E-state index < -0.39 is 72.7 Å². The van der Waals surface area contributed by atoms with E-state index in [0.717, 1.165) is 0 Å². The number of morpholine rings is 1. The van der Waals surface area contributed by atoms with Gasteiger partial charge in [-0.1, -0.05) is 41.5 Å². The topological polar surface area (TPSA) is 178 Å².